The highest BCUT2D eigenvalue weighted by Gasteiger charge is 2.21. The molecule has 6 heteroatoms. The van der Waals surface area contributed by atoms with Crippen LogP contribution in [0.15, 0.2) is 6.07 Å². The van der Waals surface area contributed by atoms with Crippen molar-refractivity contribution in [2.45, 2.75) is 13.0 Å². The number of rotatable bonds is 6. The van der Waals surface area contributed by atoms with Crippen LogP contribution < -0.4 is 10.2 Å². The molecule has 1 saturated heterocycles. The maximum absolute atomic E-state index is 5.13. The van der Waals surface area contributed by atoms with Crippen LogP contribution in [-0.4, -0.2) is 62.8 Å². The third kappa shape index (κ3) is 3.80. The Morgan fingerprint density at radius 3 is 2.90 bits per heavy atom. The lowest BCUT2D eigenvalue weighted by molar-refractivity contribution is 0.178. The van der Waals surface area contributed by atoms with E-state index in [9.17, 15) is 0 Å². The largest absolute Gasteiger partial charge is 0.377 e. The van der Waals surface area contributed by atoms with Crippen LogP contribution in [0.3, 0.4) is 0 Å². The Morgan fingerprint density at radius 2 is 2.30 bits per heavy atom. The maximum atomic E-state index is 5.13. The molecule has 20 heavy (non-hydrogen) atoms. The van der Waals surface area contributed by atoms with Gasteiger partial charge in [0, 0.05) is 40.4 Å². The molecule has 2 rings (SSSR count). The zero-order chi connectivity index (χ0) is 14.5. The summed E-state index contributed by atoms with van der Waals surface area (Å²) in [5.41, 5.74) is 0. The van der Waals surface area contributed by atoms with Crippen LogP contribution in [0.5, 0.6) is 0 Å². The van der Waals surface area contributed by atoms with Crippen molar-refractivity contribution in [2.75, 3.05) is 58.1 Å². The third-order valence-electron chi connectivity index (χ3n) is 3.70. The molecule has 112 valence electrons. The van der Waals surface area contributed by atoms with Crippen LogP contribution in [0.1, 0.15) is 12.2 Å². The number of nitrogens with one attached hydrogen (secondary N) is 1. The zero-order valence-electron chi connectivity index (χ0n) is 12.9. The molecular formula is C14H25N5O. The molecule has 0 radical (unpaired) electrons. The third-order valence-corrected chi connectivity index (χ3v) is 3.70. The smallest absolute Gasteiger partial charge is 0.158 e. The Balaban J connectivity index is 2.07. The fourth-order valence-electron chi connectivity index (χ4n) is 2.66. The summed E-state index contributed by atoms with van der Waals surface area (Å²) in [5, 5.41) is 3.08. The summed E-state index contributed by atoms with van der Waals surface area (Å²) in [6.07, 6.45) is 1.26. The Hall–Kier alpha value is -1.40. The SMILES string of the molecule is CNc1cc(N(C)CC2CCN(C)C2)nc(COC)n1. The van der Waals surface area contributed by atoms with Gasteiger partial charge in [0.2, 0.25) is 0 Å². The maximum Gasteiger partial charge on any atom is 0.158 e. The molecule has 0 aliphatic carbocycles. The summed E-state index contributed by atoms with van der Waals surface area (Å²) in [4.78, 5) is 13.6. The molecule has 0 aromatic carbocycles. The predicted molar refractivity (Wildman–Crippen MR) is 81.2 cm³/mol. The lowest BCUT2D eigenvalue weighted by Crippen LogP contribution is -2.28. The van der Waals surface area contributed by atoms with Crippen LogP contribution in [0, 0.1) is 5.92 Å². The van der Waals surface area contributed by atoms with Crippen molar-refractivity contribution in [2.24, 2.45) is 5.92 Å². The van der Waals surface area contributed by atoms with Gasteiger partial charge in [-0.2, -0.15) is 0 Å². The minimum Gasteiger partial charge on any atom is -0.377 e. The summed E-state index contributed by atoms with van der Waals surface area (Å²) in [5.74, 6) is 3.21. The lowest BCUT2D eigenvalue weighted by atomic mass is 10.1. The van der Waals surface area contributed by atoms with Crippen LogP contribution in [0.25, 0.3) is 0 Å². The second kappa shape index (κ2) is 6.85. The summed E-state index contributed by atoms with van der Waals surface area (Å²) < 4.78 is 5.13. The molecular weight excluding hydrogens is 254 g/mol. The normalized spacial score (nSPS) is 19.3. The second-order valence-electron chi connectivity index (χ2n) is 5.51. The minimum atomic E-state index is 0.433. The number of anilines is 2. The van der Waals surface area contributed by atoms with Gasteiger partial charge < -0.3 is 19.9 Å². The van der Waals surface area contributed by atoms with Gasteiger partial charge in [-0.25, -0.2) is 9.97 Å². The van der Waals surface area contributed by atoms with Crippen molar-refractivity contribution >= 4 is 11.6 Å². The standard InChI is InChI=1S/C14H25N5O/c1-15-12-7-14(17-13(16-12)10-20-4)19(3)9-11-5-6-18(2)8-11/h7,11H,5-6,8-10H2,1-4H3,(H,15,16,17). The van der Waals surface area contributed by atoms with Gasteiger partial charge in [0.15, 0.2) is 5.82 Å². The van der Waals surface area contributed by atoms with E-state index in [0.29, 0.717) is 18.3 Å². The first-order valence-electron chi connectivity index (χ1n) is 7.06. The van der Waals surface area contributed by atoms with E-state index in [2.05, 4.69) is 39.2 Å². The molecule has 2 heterocycles. The second-order valence-corrected chi connectivity index (χ2v) is 5.51. The molecule has 0 bridgehead atoms. The first kappa shape index (κ1) is 15.0. The highest BCUT2D eigenvalue weighted by atomic mass is 16.5. The number of ether oxygens (including phenoxy) is 1. The van der Waals surface area contributed by atoms with Gasteiger partial charge in [-0.15, -0.1) is 0 Å². The number of likely N-dealkylation sites (tertiary alicyclic amines) is 1. The highest BCUT2D eigenvalue weighted by molar-refractivity contribution is 5.48. The van der Waals surface area contributed by atoms with Gasteiger partial charge in [-0.05, 0) is 25.9 Å². The Kier molecular flexibility index (Phi) is 5.14. The van der Waals surface area contributed by atoms with Crippen molar-refractivity contribution in [1.82, 2.24) is 14.9 Å². The molecule has 1 fully saturated rings. The van der Waals surface area contributed by atoms with Crippen molar-refractivity contribution in [3.05, 3.63) is 11.9 Å². The van der Waals surface area contributed by atoms with Crippen molar-refractivity contribution < 1.29 is 4.74 Å². The van der Waals surface area contributed by atoms with Gasteiger partial charge in [0.05, 0.1) is 0 Å². The van der Waals surface area contributed by atoms with E-state index in [0.717, 1.165) is 18.2 Å². The van der Waals surface area contributed by atoms with Crippen molar-refractivity contribution in [3.8, 4) is 0 Å². The molecule has 1 N–H and O–H groups in total. The number of hydrogen-bond acceptors (Lipinski definition) is 6. The van der Waals surface area contributed by atoms with Crippen LogP contribution >= 0.6 is 0 Å². The van der Waals surface area contributed by atoms with Gasteiger partial charge in [0.25, 0.3) is 0 Å². The Morgan fingerprint density at radius 1 is 1.50 bits per heavy atom. The van der Waals surface area contributed by atoms with E-state index in [1.165, 1.54) is 19.5 Å². The average Bonchev–Trinajstić information content (AvgIpc) is 2.84. The fourth-order valence-corrected chi connectivity index (χ4v) is 2.66. The first-order chi connectivity index (χ1) is 9.62. The summed E-state index contributed by atoms with van der Waals surface area (Å²) in [6.45, 7) is 3.82. The molecule has 0 amide bonds. The molecule has 1 aliphatic heterocycles. The van der Waals surface area contributed by atoms with Crippen molar-refractivity contribution in [3.63, 3.8) is 0 Å². The molecule has 1 aromatic rings. The van der Waals surface area contributed by atoms with Crippen molar-refractivity contribution in [1.29, 1.82) is 0 Å². The number of aromatic nitrogens is 2. The molecule has 1 aromatic heterocycles. The van der Waals surface area contributed by atoms with Crippen LogP contribution in [0.4, 0.5) is 11.6 Å². The topological polar surface area (TPSA) is 53.5 Å². The molecule has 1 atom stereocenters. The van der Waals surface area contributed by atoms with Crippen LogP contribution in [-0.2, 0) is 11.3 Å². The Bertz CT molecular complexity index is 440. The predicted octanol–water partition coefficient (Wildman–Crippen LogP) is 1.05. The van der Waals surface area contributed by atoms with Crippen LogP contribution in [0.2, 0.25) is 0 Å². The lowest BCUT2D eigenvalue weighted by Gasteiger charge is -2.23. The summed E-state index contributed by atoms with van der Waals surface area (Å²) >= 11 is 0. The molecule has 1 aliphatic rings. The zero-order valence-corrected chi connectivity index (χ0v) is 12.9. The highest BCUT2D eigenvalue weighted by Crippen LogP contribution is 2.20. The molecule has 6 nitrogen and oxygen atoms in total. The number of methoxy groups -OCH3 is 1. The molecule has 1 unspecified atom stereocenters. The summed E-state index contributed by atoms with van der Waals surface area (Å²) in [6, 6.07) is 1.98. The first-order valence-corrected chi connectivity index (χ1v) is 7.06. The van der Waals surface area contributed by atoms with E-state index in [-0.39, 0.29) is 0 Å². The van der Waals surface area contributed by atoms with E-state index < -0.39 is 0 Å². The summed E-state index contributed by atoms with van der Waals surface area (Å²) in [7, 11) is 7.80. The molecule has 0 spiro atoms. The Labute approximate surface area is 121 Å². The number of hydrogen-bond donors (Lipinski definition) is 1. The van der Waals surface area contributed by atoms with Gasteiger partial charge in [-0.1, -0.05) is 0 Å². The van der Waals surface area contributed by atoms with Gasteiger partial charge in [-0.3, -0.25) is 0 Å². The quantitative estimate of drug-likeness (QED) is 0.840. The van der Waals surface area contributed by atoms with Gasteiger partial charge in [0.1, 0.15) is 18.2 Å². The average molecular weight is 279 g/mol. The minimum absolute atomic E-state index is 0.433. The van der Waals surface area contributed by atoms with Gasteiger partial charge >= 0.3 is 0 Å². The van der Waals surface area contributed by atoms with E-state index >= 15 is 0 Å². The fraction of sp³-hybridized carbons (Fsp3) is 0.714. The van der Waals surface area contributed by atoms with E-state index in [1.807, 2.05) is 13.1 Å². The molecule has 0 saturated carbocycles. The monoisotopic (exact) mass is 279 g/mol. The van der Waals surface area contributed by atoms with E-state index in [1.54, 1.807) is 7.11 Å². The van der Waals surface area contributed by atoms with E-state index in [4.69, 9.17) is 4.74 Å². The number of nitrogens with zero attached hydrogens (tertiary/aromatic N) is 4.